The maximum atomic E-state index is 9.37. The second-order valence-electron chi connectivity index (χ2n) is 2.86. The highest BCUT2D eigenvalue weighted by molar-refractivity contribution is 5.89. The van der Waals surface area contributed by atoms with Crippen molar-refractivity contribution in [1.82, 2.24) is 4.98 Å². The molecule has 1 aromatic heterocycles. The summed E-state index contributed by atoms with van der Waals surface area (Å²) in [5.74, 6) is 0.167. The molecule has 12 heavy (non-hydrogen) atoms. The van der Waals surface area contributed by atoms with E-state index in [1.54, 1.807) is 12.3 Å². The first-order valence-electron chi connectivity index (χ1n) is 3.68. The number of hydrogen-bond donors (Lipinski definition) is 3. The van der Waals surface area contributed by atoms with Crippen LogP contribution in [0.5, 0.6) is 11.5 Å². The van der Waals surface area contributed by atoms with Crippen molar-refractivity contribution in [2.75, 3.05) is 0 Å². The fraction of sp³-hybridized carbons (Fsp3) is 0.111. The first kappa shape index (κ1) is 7.03. The number of H-pyrrole nitrogens is 1. The summed E-state index contributed by atoms with van der Waals surface area (Å²) in [7, 11) is 0. The van der Waals surface area contributed by atoms with E-state index in [0.29, 0.717) is 5.52 Å². The SMILES string of the molecule is Cc1c[nH]c2c(O)cc(O)cc12. The number of nitrogens with one attached hydrogen (secondary N) is 1. The second kappa shape index (κ2) is 2.17. The Hall–Kier alpha value is -1.64. The zero-order valence-electron chi connectivity index (χ0n) is 6.63. The molecule has 0 unspecified atom stereocenters. The van der Waals surface area contributed by atoms with Gasteiger partial charge in [0, 0.05) is 17.6 Å². The molecule has 0 aliphatic carbocycles. The van der Waals surface area contributed by atoms with E-state index in [0.717, 1.165) is 10.9 Å². The number of phenolic OH excluding ortho intramolecular Hbond substituents is 2. The van der Waals surface area contributed by atoms with Crippen molar-refractivity contribution in [2.24, 2.45) is 0 Å². The molecule has 3 nitrogen and oxygen atoms in total. The van der Waals surface area contributed by atoms with Gasteiger partial charge in [0.15, 0.2) is 0 Å². The van der Waals surface area contributed by atoms with Crippen LogP contribution in [0.15, 0.2) is 18.3 Å². The predicted octanol–water partition coefficient (Wildman–Crippen LogP) is 1.89. The van der Waals surface area contributed by atoms with E-state index in [1.165, 1.54) is 6.07 Å². The zero-order valence-corrected chi connectivity index (χ0v) is 6.63. The molecule has 0 spiro atoms. The average Bonchev–Trinajstić information content (AvgIpc) is 2.33. The van der Waals surface area contributed by atoms with Crippen LogP contribution in [0.4, 0.5) is 0 Å². The van der Waals surface area contributed by atoms with Crippen LogP contribution in [-0.2, 0) is 0 Å². The van der Waals surface area contributed by atoms with Crippen LogP contribution < -0.4 is 0 Å². The van der Waals surface area contributed by atoms with Gasteiger partial charge in [0.25, 0.3) is 0 Å². The number of aryl methyl sites for hydroxylation is 1. The van der Waals surface area contributed by atoms with E-state index in [2.05, 4.69) is 4.98 Å². The van der Waals surface area contributed by atoms with E-state index in [4.69, 9.17) is 0 Å². The highest BCUT2D eigenvalue weighted by Crippen LogP contribution is 2.30. The van der Waals surface area contributed by atoms with Gasteiger partial charge in [-0.1, -0.05) is 0 Å². The standard InChI is InChI=1S/C9H9NO2/c1-5-4-10-9-7(5)2-6(11)3-8(9)12/h2-4,10-12H,1H3. The minimum absolute atomic E-state index is 0.0816. The molecule has 0 aliphatic heterocycles. The topological polar surface area (TPSA) is 56.2 Å². The first-order chi connectivity index (χ1) is 5.68. The van der Waals surface area contributed by atoms with Crippen LogP contribution in [0.3, 0.4) is 0 Å². The molecule has 2 aromatic rings. The summed E-state index contributed by atoms with van der Waals surface area (Å²) in [6.45, 7) is 1.91. The van der Waals surface area contributed by atoms with Crippen LogP contribution in [0, 0.1) is 6.92 Å². The van der Waals surface area contributed by atoms with Gasteiger partial charge >= 0.3 is 0 Å². The summed E-state index contributed by atoms with van der Waals surface area (Å²) in [5, 5.41) is 19.4. The summed E-state index contributed by atoms with van der Waals surface area (Å²) in [4.78, 5) is 2.92. The van der Waals surface area contributed by atoms with Crippen molar-refractivity contribution < 1.29 is 10.2 Å². The quantitative estimate of drug-likeness (QED) is 0.555. The first-order valence-corrected chi connectivity index (χ1v) is 3.68. The molecule has 0 radical (unpaired) electrons. The Morgan fingerprint density at radius 3 is 2.75 bits per heavy atom. The van der Waals surface area contributed by atoms with Crippen molar-refractivity contribution in [3.63, 3.8) is 0 Å². The lowest BCUT2D eigenvalue weighted by molar-refractivity contribution is 0.454. The number of fused-ring (bicyclic) bond motifs is 1. The Morgan fingerprint density at radius 2 is 2.00 bits per heavy atom. The lowest BCUT2D eigenvalue weighted by atomic mass is 10.2. The van der Waals surface area contributed by atoms with Gasteiger partial charge in [0.05, 0.1) is 5.52 Å². The summed E-state index contributed by atoms with van der Waals surface area (Å²) >= 11 is 0. The maximum Gasteiger partial charge on any atom is 0.143 e. The number of rotatable bonds is 0. The number of aromatic nitrogens is 1. The minimum Gasteiger partial charge on any atom is -0.508 e. The molecule has 0 aliphatic rings. The minimum atomic E-state index is 0.0816. The van der Waals surface area contributed by atoms with Gasteiger partial charge < -0.3 is 15.2 Å². The number of aromatic amines is 1. The van der Waals surface area contributed by atoms with Gasteiger partial charge in [0.1, 0.15) is 11.5 Å². The van der Waals surface area contributed by atoms with Gasteiger partial charge in [-0.15, -0.1) is 0 Å². The Balaban J connectivity index is 2.92. The molecular formula is C9H9NO2. The molecule has 62 valence electrons. The lowest BCUT2D eigenvalue weighted by Crippen LogP contribution is -1.71. The molecule has 3 heteroatoms. The summed E-state index contributed by atoms with van der Waals surface area (Å²) < 4.78 is 0. The molecule has 0 bridgehead atoms. The Morgan fingerprint density at radius 1 is 1.25 bits per heavy atom. The third-order valence-electron chi connectivity index (χ3n) is 1.96. The molecule has 1 heterocycles. The van der Waals surface area contributed by atoms with Crippen molar-refractivity contribution in [3.8, 4) is 11.5 Å². The fourth-order valence-corrected chi connectivity index (χ4v) is 1.33. The molecular weight excluding hydrogens is 154 g/mol. The zero-order chi connectivity index (χ0) is 8.72. The molecule has 1 aromatic carbocycles. The van der Waals surface area contributed by atoms with Crippen molar-refractivity contribution in [3.05, 3.63) is 23.9 Å². The molecule has 0 atom stereocenters. The number of phenols is 2. The normalized spacial score (nSPS) is 10.8. The number of hydrogen-bond acceptors (Lipinski definition) is 2. The van der Waals surface area contributed by atoms with Gasteiger partial charge in [-0.3, -0.25) is 0 Å². The summed E-state index contributed by atoms with van der Waals surface area (Å²) in [6.07, 6.45) is 1.80. The van der Waals surface area contributed by atoms with Gasteiger partial charge in [-0.05, 0) is 18.6 Å². The molecule has 0 saturated carbocycles. The van der Waals surface area contributed by atoms with E-state index < -0.39 is 0 Å². The largest absolute Gasteiger partial charge is 0.508 e. The molecule has 0 saturated heterocycles. The smallest absolute Gasteiger partial charge is 0.143 e. The van der Waals surface area contributed by atoms with Crippen LogP contribution in [0.1, 0.15) is 5.56 Å². The van der Waals surface area contributed by atoms with Gasteiger partial charge in [0.2, 0.25) is 0 Å². The van der Waals surface area contributed by atoms with Crippen molar-refractivity contribution in [2.45, 2.75) is 6.92 Å². The van der Waals surface area contributed by atoms with Crippen LogP contribution in [0.2, 0.25) is 0 Å². The van der Waals surface area contributed by atoms with E-state index >= 15 is 0 Å². The number of aromatic hydroxyl groups is 2. The summed E-state index contributed by atoms with van der Waals surface area (Å²) in [6, 6.07) is 2.94. The maximum absolute atomic E-state index is 9.37. The van der Waals surface area contributed by atoms with Crippen molar-refractivity contribution in [1.29, 1.82) is 0 Å². The van der Waals surface area contributed by atoms with Crippen LogP contribution >= 0.6 is 0 Å². The molecule has 0 amide bonds. The van der Waals surface area contributed by atoms with Crippen LogP contribution in [0.25, 0.3) is 10.9 Å². The molecule has 2 rings (SSSR count). The second-order valence-corrected chi connectivity index (χ2v) is 2.86. The highest BCUT2D eigenvalue weighted by Gasteiger charge is 2.05. The van der Waals surface area contributed by atoms with E-state index in [9.17, 15) is 10.2 Å². The highest BCUT2D eigenvalue weighted by atomic mass is 16.3. The number of benzene rings is 1. The molecule has 3 N–H and O–H groups in total. The monoisotopic (exact) mass is 163 g/mol. The van der Waals surface area contributed by atoms with E-state index in [-0.39, 0.29) is 11.5 Å². The third-order valence-corrected chi connectivity index (χ3v) is 1.96. The summed E-state index contributed by atoms with van der Waals surface area (Å²) in [5.41, 5.74) is 1.68. The molecule has 0 fully saturated rings. The third kappa shape index (κ3) is 0.830. The predicted molar refractivity (Wildman–Crippen MR) is 46.4 cm³/mol. The fourth-order valence-electron chi connectivity index (χ4n) is 1.33. The Kier molecular flexibility index (Phi) is 1.27. The van der Waals surface area contributed by atoms with Gasteiger partial charge in [-0.25, -0.2) is 0 Å². The average molecular weight is 163 g/mol. The van der Waals surface area contributed by atoms with E-state index in [1.807, 2.05) is 6.92 Å². The van der Waals surface area contributed by atoms with Crippen LogP contribution in [-0.4, -0.2) is 15.2 Å². The lowest BCUT2D eigenvalue weighted by Gasteiger charge is -1.97. The Labute approximate surface area is 69.3 Å². The Bertz CT molecular complexity index is 431. The van der Waals surface area contributed by atoms with Gasteiger partial charge in [-0.2, -0.15) is 0 Å². The van der Waals surface area contributed by atoms with Crippen molar-refractivity contribution >= 4 is 10.9 Å².